The van der Waals surface area contributed by atoms with Gasteiger partial charge in [0.2, 0.25) is 5.91 Å². The fourth-order valence-electron chi connectivity index (χ4n) is 3.49. The van der Waals surface area contributed by atoms with E-state index < -0.39 is 48.3 Å². The quantitative estimate of drug-likeness (QED) is 0.447. The highest BCUT2D eigenvalue weighted by molar-refractivity contribution is 6.01. The second-order valence-corrected chi connectivity index (χ2v) is 7.41. The van der Waals surface area contributed by atoms with Crippen LogP contribution in [0.5, 0.6) is 5.75 Å². The van der Waals surface area contributed by atoms with E-state index in [2.05, 4.69) is 5.32 Å². The molecule has 0 radical (unpaired) electrons. The van der Waals surface area contributed by atoms with Gasteiger partial charge in [0, 0.05) is 5.56 Å². The zero-order valence-corrected chi connectivity index (χ0v) is 17.7. The maximum atomic E-state index is 12.6. The number of benzene rings is 2. The van der Waals surface area contributed by atoms with E-state index in [9.17, 15) is 24.3 Å². The van der Waals surface area contributed by atoms with Gasteiger partial charge in [-0.05, 0) is 36.8 Å². The molecule has 0 aromatic heterocycles. The number of ether oxygens (including phenoxy) is 2. The minimum atomic E-state index is -1.14. The molecule has 0 spiro atoms. The van der Waals surface area contributed by atoms with E-state index in [-0.39, 0.29) is 6.61 Å². The van der Waals surface area contributed by atoms with Gasteiger partial charge >= 0.3 is 11.9 Å². The highest BCUT2D eigenvalue weighted by atomic mass is 16.5. The lowest BCUT2D eigenvalue weighted by Crippen LogP contribution is -2.74. The number of carboxylic acid groups (broad SMARTS) is 1. The van der Waals surface area contributed by atoms with E-state index in [4.69, 9.17) is 9.47 Å². The number of rotatable bonds is 9. The van der Waals surface area contributed by atoms with Crippen molar-refractivity contribution >= 4 is 23.8 Å². The van der Waals surface area contributed by atoms with Crippen LogP contribution in [-0.4, -0.2) is 59.5 Å². The molecule has 9 heteroatoms. The van der Waals surface area contributed by atoms with Crippen LogP contribution in [0.1, 0.15) is 22.8 Å². The molecule has 1 fully saturated rings. The Balaban J connectivity index is 1.62. The average molecular weight is 440 g/mol. The molecule has 0 bridgehead atoms. The Morgan fingerprint density at radius 3 is 2.34 bits per heavy atom. The second-order valence-electron chi connectivity index (χ2n) is 7.41. The maximum absolute atomic E-state index is 12.6. The Kier molecular flexibility index (Phi) is 7.09. The second kappa shape index (κ2) is 9.95. The van der Waals surface area contributed by atoms with E-state index in [1.807, 2.05) is 0 Å². The number of carbonyl (C=O) groups excluding carboxylic acids is 3. The van der Waals surface area contributed by atoms with E-state index in [1.165, 1.54) is 6.92 Å². The Morgan fingerprint density at radius 1 is 1.09 bits per heavy atom. The Hall–Kier alpha value is -3.88. The average Bonchev–Trinajstić information content (AvgIpc) is 2.81. The van der Waals surface area contributed by atoms with Crippen molar-refractivity contribution < 1.29 is 33.8 Å². The zero-order valence-electron chi connectivity index (χ0n) is 17.7. The third-order valence-electron chi connectivity index (χ3n) is 5.33. The molecule has 3 rings (SSSR count). The molecular weight excluding hydrogens is 416 g/mol. The summed E-state index contributed by atoms with van der Waals surface area (Å²) in [6, 6.07) is 13.3. The number of carbonyl (C=O) groups is 4. The Labute approximate surface area is 184 Å². The number of nitrogens with one attached hydrogen (secondary N) is 1. The summed E-state index contributed by atoms with van der Waals surface area (Å²) in [5.41, 5.74) is 1.08. The predicted molar refractivity (Wildman–Crippen MR) is 113 cm³/mol. The summed E-state index contributed by atoms with van der Waals surface area (Å²) in [5.74, 6) is -3.17. The lowest BCUT2D eigenvalue weighted by atomic mass is 9.84. The van der Waals surface area contributed by atoms with Gasteiger partial charge in [0.15, 0.2) is 0 Å². The molecule has 1 saturated heterocycles. The van der Waals surface area contributed by atoms with E-state index in [1.54, 1.807) is 61.7 Å². The first-order valence-corrected chi connectivity index (χ1v) is 9.99. The van der Waals surface area contributed by atoms with Crippen molar-refractivity contribution in [2.75, 3.05) is 13.7 Å². The molecule has 1 unspecified atom stereocenters. The molecule has 2 aromatic rings. The minimum absolute atomic E-state index is 0.00181. The van der Waals surface area contributed by atoms with Crippen LogP contribution < -0.4 is 10.1 Å². The first kappa shape index (κ1) is 22.8. The van der Waals surface area contributed by atoms with Crippen LogP contribution in [0.2, 0.25) is 0 Å². The summed E-state index contributed by atoms with van der Waals surface area (Å²) in [6.07, 6.45) is 0. The van der Waals surface area contributed by atoms with Crippen molar-refractivity contribution in [2.45, 2.75) is 25.6 Å². The van der Waals surface area contributed by atoms with Crippen molar-refractivity contribution in [1.82, 2.24) is 10.2 Å². The van der Waals surface area contributed by atoms with Crippen molar-refractivity contribution in [1.29, 1.82) is 0 Å². The fourth-order valence-corrected chi connectivity index (χ4v) is 3.49. The summed E-state index contributed by atoms with van der Waals surface area (Å²) in [5, 5.41) is 12.0. The molecule has 0 aliphatic carbocycles. The number of nitrogens with zero attached hydrogens (tertiary/aromatic N) is 1. The maximum Gasteiger partial charge on any atom is 0.325 e. The van der Waals surface area contributed by atoms with E-state index >= 15 is 0 Å². The van der Waals surface area contributed by atoms with Gasteiger partial charge in [-0.3, -0.25) is 19.2 Å². The summed E-state index contributed by atoms with van der Waals surface area (Å²) < 4.78 is 10.3. The summed E-state index contributed by atoms with van der Waals surface area (Å²) in [6.45, 7) is 1.02. The molecule has 1 aliphatic rings. The fraction of sp³-hybridized carbons (Fsp3) is 0.304. The first-order valence-electron chi connectivity index (χ1n) is 9.99. The summed E-state index contributed by atoms with van der Waals surface area (Å²) in [4.78, 5) is 50.1. The molecule has 32 heavy (non-hydrogen) atoms. The van der Waals surface area contributed by atoms with Gasteiger partial charge in [0.1, 0.15) is 24.9 Å². The first-order chi connectivity index (χ1) is 15.3. The largest absolute Gasteiger partial charge is 0.497 e. The van der Waals surface area contributed by atoms with Gasteiger partial charge in [-0.15, -0.1) is 0 Å². The number of β-lactam (4-membered cyclic amide) rings is 1. The van der Waals surface area contributed by atoms with Gasteiger partial charge in [-0.1, -0.05) is 30.3 Å². The number of aliphatic carboxylic acids is 1. The van der Waals surface area contributed by atoms with Crippen LogP contribution in [0.3, 0.4) is 0 Å². The summed E-state index contributed by atoms with van der Waals surface area (Å²) in [7, 11) is 1.54. The lowest BCUT2D eigenvalue weighted by Gasteiger charge is -2.48. The summed E-state index contributed by atoms with van der Waals surface area (Å²) >= 11 is 0. The van der Waals surface area contributed by atoms with Gasteiger partial charge < -0.3 is 24.8 Å². The number of hydrogen-bond donors (Lipinski definition) is 2. The molecule has 1 aliphatic heterocycles. The predicted octanol–water partition coefficient (Wildman–Crippen LogP) is 1.47. The number of methoxy groups -OCH3 is 1. The van der Waals surface area contributed by atoms with Crippen LogP contribution in [-0.2, 0) is 25.7 Å². The van der Waals surface area contributed by atoms with Gasteiger partial charge in [-0.25, -0.2) is 0 Å². The zero-order chi connectivity index (χ0) is 23.3. The van der Waals surface area contributed by atoms with Crippen LogP contribution in [0, 0.1) is 5.92 Å². The Bertz CT molecular complexity index is 991. The molecule has 2 N–H and O–H groups in total. The van der Waals surface area contributed by atoms with Crippen molar-refractivity contribution in [3.8, 4) is 5.75 Å². The minimum Gasteiger partial charge on any atom is -0.497 e. The SMILES string of the molecule is COc1ccc(COC(=O)CN2C(=O)[C@H](NC(=O)c3ccccc3)[C@@H]2C(C)C(=O)O)cc1. The third kappa shape index (κ3) is 5.05. The number of amides is 2. The van der Waals surface area contributed by atoms with Gasteiger partial charge in [0.25, 0.3) is 5.91 Å². The van der Waals surface area contributed by atoms with E-state index in [0.717, 1.165) is 10.5 Å². The molecule has 1 heterocycles. The molecule has 9 nitrogen and oxygen atoms in total. The molecular formula is C23H24N2O7. The standard InChI is InChI=1S/C23H24N2O7/c1-14(23(29)30)20-19(24-21(27)16-6-4-3-5-7-16)22(28)25(20)12-18(26)32-13-15-8-10-17(31-2)11-9-15/h3-11,14,19-20H,12-13H2,1-2H3,(H,24,27)(H,29,30)/t14?,19-,20+/m1/s1. The molecule has 2 amide bonds. The molecule has 0 saturated carbocycles. The third-order valence-corrected chi connectivity index (χ3v) is 5.33. The van der Waals surface area contributed by atoms with Crippen molar-refractivity contribution in [2.24, 2.45) is 5.92 Å². The smallest absolute Gasteiger partial charge is 0.325 e. The molecule has 3 atom stereocenters. The molecule has 2 aromatic carbocycles. The van der Waals surface area contributed by atoms with Crippen LogP contribution in [0.25, 0.3) is 0 Å². The van der Waals surface area contributed by atoms with Crippen LogP contribution in [0.15, 0.2) is 54.6 Å². The van der Waals surface area contributed by atoms with Crippen LogP contribution in [0.4, 0.5) is 0 Å². The number of esters is 1. The van der Waals surface area contributed by atoms with Crippen molar-refractivity contribution in [3.63, 3.8) is 0 Å². The molecule has 168 valence electrons. The Morgan fingerprint density at radius 2 is 1.75 bits per heavy atom. The monoisotopic (exact) mass is 440 g/mol. The normalized spacial score (nSPS) is 18.3. The van der Waals surface area contributed by atoms with Gasteiger partial charge in [-0.2, -0.15) is 0 Å². The van der Waals surface area contributed by atoms with Gasteiger partial charge in [0.05, 0.1) is 19.1 Å². The lowest BCUT2D eigenvalue weighted by molar-refractivity contribution is -0.167. The highest BCUT2D eigenvalue weighted by Gasteiger charge is 2.53. The topological polar surface area (TPSA) is 122 Å². The van der Waals surface area contributed by atoms with E-state index in [0.29, 0.717) is 11.3 Å². The number of likely N-dealkylation sites (tertiary alicyclic amines) is 1. The van der Waals surface area contributed by atoms with Crippen molar-refractivity contribution in [3.05, 3.63) is 65.7 Å². The number of carboxylic acids is 1. The highest BCUT2D eigenvalue weighted by Crippen LogP contribution is 2.27. The number of hydrogen-bond acceptors (Lipinski definition) is 6. The van der Waals surface area contributed by atoms with Crippen LogP contribution >= 0.6 is 0 Å².